The predicted octanol–water partition coefficient (Wildman–Crippen LogP) is 3.25. The number of anilines is 1. The third kappa shape index (κ3) is 2.46. The largest absolute Gasteiger partial charge is 0.354 e. The summed E-state index contributed by atoms with van der Waals surface area (Å²) in [5, 5.41) is 2.03. The molecule has 2 N–H and O–H groups in total. The summed E-state index contributed by atoms with van der Waals surface area (Å²) in [5.74, 6) is 0.960. The van der Waals surface area contributed by atoms with Crippen LogP contribution in [0.3, 0.4) is 0 Å². The van der Waals surface area contributed by atoms with Crippen molar-refractivity contribution < 1.29 is 0 Å². The quantitative estimate of drug-likeness (QED) is 0.785. The van der Waals surface area contributed by atoms with E-state index in [0.717, 1.165) is 27.5 Å². The van der Waals surface area contributed by atoms with Gasteiger partial charge in [0.15, 0.2) is 10.8 Å². The number of thiazole rings is 1. The molecule has 104 valence electrons. The number of imidazole rings is 1. The average Bonchev–Trinajstić information content (AvgIpc) is 3.01. The Morgan fingerprint density at radius 2 is 2.10 bits per heavy atom. The van der Waals surface area contributed by atoms with E-state index in [4.69, 9.17) is 5.73 Å². The van der Waals surface area contributed by atoms with Crippen molar-refractivity contribution in [2.24, 2.45) is 5.73 Å². The van der Waals surface area contributed by atoms with Crippen molar-refractivity contribution in [1.82, 2.24) is 9.38 Å². The molecule has 0 aliphatic rings. The highest BCUT2D eigenvalue weighted by Gasteiger charge is 2.15. The Kier molecular flexibility index (Phi) is 3.78. The van der Waals surface area contributed by atoms with E-state index in [1.807, 2.05) is 18.6 Å². The van der Waals surface area contributed by atoms with Crippen molar-refractivity contribution >= 4 is 38.0 Å². The summed E-state index contributed by atoms with van der Waals surface area (Å²) in [6.07, 6.45) is 2.02. The molecular weight excluding hydrogens is 336 g/mol. The maximum atomic E-state index is 5.88. The van der Waals surface area contributed by atoms with Crippen LogP contribution in [-0.2, 0) is 13.1 Å². The molecule has 0 atom stereocenters. The number of halogens is 1. The summed E-state index contributed by atoms with van der Waals surface area (Å²) in [6.45, 7) is 1.29. The molecule has 2 aromatic heterocycles. The van der Waals surface area contributed by atoms with Gasteiger partial charge in [0.05, 0.1) is 5.69 Å². The van der Waals surface area contributed by atoms with Gasteiger partial charge in [-0.3, -0.25) is 4.40 Å². The van der Waals surface area contributed by atoms with E-state index in [-0.39, 0.29) is 0 Å². The van der Waals surface area contributed by atoms with Gasteiger partial charge in [-0.15, -0.1) is 11.3 Å². The van der Waals surface area contributed by atoms with Crippen LogP contribution >= 0.6 is 27.3 Å². The molecule has 1 aromatic carbocycles. The van der Waals surface area contributed by atoms with Gasteiger partial charge in [0.1, 0.15) is 0 Å². The van der Waals surface area contributed by atoms with Gasteiger partial charge in [0.25, 0.3) is 0 Å². The lowest BCUT2D eigenvalue weighted by atomic mass is 10.2. The number of rotatable bonds is 4. The van der Waals surface area contributed by atoms with Crippen LogP contribution in [-0.4, -0.2) is 16.4 Å². The van der Waals surface area contributed by atoms with Crippen LogP contribution in [0, 0.1) is 0 Å². The molecule has 0 aliphatic carbocycles. The second-order valence-electron chi connectivity index (χ2n) is 4.62. The molecule has 0 spiro atoms. The first-order valence-electron chi connectivity index (χ1n) is 6.29. The summed E-state index contributed by atoms with van der Waals surface area (Å²) in [7, 11) is 2.05. The van der Waals surface area contributed by atoms with Crippen LogP contribution in [0.1, 0.15) is 11.3 Å². The first-order chi connectivity index (χ1) is 9.69. The second kappa shape index (κ2) is 5.55. The number of nitrogens with zero attached hydrogens (tertiary/aromatic N) is 3. The number of hydrogen-bond donors (Lipinski definition) is 1. The predicted molar refractivity (Wildman–Crippen MR) is 87.2 cm³/mol. The normalized spacial score (nSPS) is 11.2. The Labute approximate surface area is 130 Å². The van der Waals surface area contributed by atoms with Crippen LogP contribution in [0.15, 0.2) is 40.3 Å². The molecule has 0 aliphatic heterocycles. The summed E-state index contributed by atoms with van der Waals surface area (Å²) >= 11 is 5.08. The van der Waals surface area contributed by atoms with Gasteiger partial charge in [-0.25, -0.2) is 4.98 Å². The first-order valence-corrected chi connectivity index (χ1v) is 7.96. The Hall–Kier alpha value is -1.37. The van der Waals surface area contributed by atoms with Crippen molar-refractivity contribution in [2.45, 2.75) is 13.1 Å². The minimum Gasteiger partial charge on any atom is -0.354 e. The molecule has 20 heavy (non-hydrogen) atoms. The van der Waals surface area contributed by atoms with Gasteiger partial charge in [0.2, 0.25) is 0 Å². The summed E-state index contributed by atoms with van der Waals surface area (Å²) < 4.78 is 3.16. The fraction of sp³-hybridized carbons (Fsp3) is 0.214. The average molecular weight is 351 g/mol. The molecule has 3 aromatic rings. The van der Waals surface area contributed by atoms with Gasteiger partial charge in [0, 0.05) is 36.2 Å². The van der Waals surface area contributed by atoms with Gasteiger partial charge < -0.3 is 10.6 Å². The zero-order valence-electron chi connectivity index (χ0n) is 11.1. The molecule has 0 unspecified atom stereocenters. The lowest BCUT2D eigenvalue weighted by Gasteiger charge is -2.18. The van der Waals surface area contributed by atoms with Crippen LogP contribution < -0.4 is 10.6 Å². The fourth-order valence-corrected chi connectivity index (χ4v) is 3.25. The number of benzene rings is 1. The first kappa shape index (κ1) is 13.6. The van der Waals surface area contributed by atoms with Crippen LogP contribution in [0.4, 0.5) is 5.82 Å². The molecule has 4 nitrogen and oxygen atoms in total. The van der Waals surface area contributed by atoms with E-state index in [9.17, 15) is 0 Å². The lowest BCUT2D eigenvalue weighted by molar-refractivity contribution is 0.873. The van der Waals surface area contributed by atoms with E-state index < -0.39 is 0 Å². The second-order valence-corrected chi connectivity index (χ2v) is 6.41. The van der Waals surface area contributed by atoms with Crippen molar-refractivity contribution in [3.63, 3.8) is 0 Å². The molecule has 3 rings (SSSR count). The fourth-order valence-electron chi connectivity index (χ4n) is 2.26. The monoisotopic (exact) mass is 350 g/mol. The molecular formula is C14H15BrN4S. The molecule has 0 fully saturated rings. The minimum absolute atomic E-state index is 0.484. The minimum atomic E-state index is 0.484. The number of aromatic nitrogens is 2. The molecule has 2 heterocycles. The van der Waals surface area contributed by atoms with E-state index in [1.54, 1.807) is 11.3 Å². The van der Waals surface area contributed by atoms with E-state index >= 15 is 0 Å². The topological polar surface area (TPSA) is 46.6 Å². The Morgan fingerprint density at radius 1 is 1.35 bits per heavy atom. The number of hydrogen-bond acceptors (Lipinski definition) is 4. The Morgan fingerprint density at radius 3 is 2.80 bits per heavy atom. The molecule has 0 radical (unpaired) electrons. The van der Waals surface area contributed by atoms with Crippen molar-refractivity contribution in [2.75, 3.05) is 11.9 Å². The molecule has 0 saturated heterocycles. The van der Waals surface area contributed by atoms with Crippen LogP contribution in [0.5, 0.6) is 0 Å². The van der Waals surface area contributed by atoms with E-state index in [0.29, 0.717) is 6.54 Å². The van der Waals surface area contributed by atoms with Gasteiger partial charge in [-0.1, -0.05) is 28.1 Å². The lowest BCUT2D eigenvalue weighted by Crippen LogP contribution is -2.19. The molecule has 6 heteroatoms. The third-order valence-corrected chi connectivity index (χ3v) is 4.51. The van der Waals surface area contributed by atoms with Gasteiger partial charge in [-0.05, 0) is 17.7 Å². The summed E-state index contributed by atoms with van der Waals surface area (Å²) in [4.78, 5) is 7.81. The molecule has 0 bridgehead atoms. The van der Waals surface area contributed by atoms with Crippen molar-refractivity contribution in [3.8, 4) is 0 Å². The van der Waals surface area contributed by atoms with Crippen LogP contribution in [0.25, 0.3) is 4.96 Å². The van der Waals surface area contributed by atoms with Gasteiger partial charge >= 0.3 is 0 Å². The van der Waals surface area contributed by atoms with Gasteiger partial charge in [-0.2, -0.15) is 0 Å². The number of nitrogens with two attached hydrogens (primary N) is 1. The standard InChI is InChI=1S/C14H15BrN4S/c1-18(9-10-2-4-11(15)5-3-10)13-12(8-16)19-6-7-20-14(19)17-13/h2-7H,8-9,16H2,1H3. The van der Waals surface area contributed by atoms with Crippen molar-refractivity contribution in [1.29, 1.82) is 0 Å². The highest BCUT2D eigenvalue weighted by molar-refractivity contribution is 9.10. The SMILES string of the molecule is CN(Cc1ccc(Br)cc1)c1nc2sccn2c1CN. The van der Waals surface area contributed by atoms with Crippen LogP contribution in [0.2, 0.25) is 0 Å². The van der Waals surface area contributed by atoms with E-state index in [1.165, 1.54) is 5.56 Å². The highest BCUT2D eigenvalue weighted by atomic mass is 79.9. The molecule has 0 saturated carbocycles. The Bertz CT molecular complexity index is 716. The maximum Gasteiger partial charge on any atom is 0.195 e. The third-order valence-electron chi connectivity index (χ3n) is 3.23. The molecule has 0 amide bonds. The van der Waals surface area contributed by atoms with E-state index in [2.05, 4.69) is 54.5 Å². The summed E-state index contributed by atoms with van der Waals surface area (Å²) in [6, 6.07) is 8.33. The Balaban J connectivity index is 1.89. The zero-order valence-corrected chi connectivity index (χ0v) is 13.5. The highest BCUT2D eigenvalue weighted by Crippen LogP contribution is 2.25. The number of fused-ring (bicyclic) bond motifs is 1. The maximum absolute atomic E-state index is 5.88. The van der Waals surface area contributed by atoms with Crippen molar-refractivity contribution in [3.05, 3.63) is 51.6 Å². The smallest absolute Gasteiger partial charge is 0.195 e. The summed E-state index contributed by atoms with van der Waals surface area (Å²) in [5.41, 5.74) is 8.18. The zero-order chi connectivity index (χ0) is 14.1.